The summed E-state index contributed by atoms with van der Waals surface area (Å²) in [5, 5.41) is 3.40. The van der Waals surface area contributed by atoms with Gasteiger partial charge in [-0.15, -0.1) is 0 Å². The molecule has 21 heavy (non-hydrogen) atoms. The molecule has 0 bridgehead atoms. The van der Waals surface area contributed by atoms with Crippen molar-refractivity contribution in [2.45, 2.75) is 24.8 Å². The first-order valence-electron chi connectivity index (χ1n) is 7.50. The Morgan fingerprint density at radius 1 is 1.05 bits per heavy atom. The van der Waals surface area contributed by atoms with Crippen molar-refractivity contribution in [1.82, 2.24) is 5.32 Å². The third-order valence-electron chi connectivity index (χ3n) is 4.69. The summed E-state index contributed by atoms with van der Waals surface area (Å²) in [5.74, 6) is 0.595. The Bertz CT molecular complexity index is 706. The number of aliphatic imine (C=N–C) groups is 1. The smallest absolute Gasteiger partial charge is 0.189 e. The molecule has 106 valence electrons. The Morgan fingerprint density at radius 2 is 1.90 bits per heavy atom. The van der Waals surface area contributed by atoms with Crippen LogP contribution in [0.5, 0.6) is 0 Å². The van der Waals surface area contributed by atoms with Crippen LogP contribution < -0.4 is 11.1 Å². The van der Waals surface area contributed by atoms with E-state index in [1.807, 2.05) is 0 Å². The quantitative estimate of drug-likeness (QED) is 0.841. The van der Waals surface area contributed by atoms with Gasteiger partial charge >= 0.3 is 0 Å². The van der Waals surface area contributed by atoms with Crippen LogP contribution in [0.15, 0.2) is 53.5 Å². The van der Waals surface area contributed by atoms with Crippen molar-refractivity contribution < 1.29 is 0 Å². The van der Waals surface area contributed by atoms with Crippen LogP contribution in [-0.2, 0) is 12.8 Å². The van der Waals surface area contributed by atoms with Crippen LogP contribution in [0.25, 0.3) is 11.1 Å². The number of hydrogen-bond donors (Lipinski definition) is 2. The highest BCUT2D eigenvalue weighted by atomic mass is 15.2. The van der Waals surface area contributed by atoms with E-state index >= 15 is 0 Å². The van der Waals surface area contributed by atoms with Crippen molar-refractivity contribution in [3.05, 3.63) is 59.7 Å². The monoisotopic (exact) mass is 277 g/mol. The maximum atomic E-state index is 5.82. The fraction of sp³-hybridized carbons (Fsp3) is 0.278. The molecule has 0 radical (unpaired) electrons. The lowest BCUT2D eigenvalue weighted by molar-refractivity contribution is 0.362. The SMILES string of the molecule is NC1=NC[C@@]2(CCc3c(cccc3-c3ccccc3)C2)N1. The molecule has 0 aromatic heterocycles. The molecule has 0 fully saturated rings. The van der Waals surface area contributed by atoms with E-state index in [0.29, 0.717) is 5.96 Å². The van der Waals surface area contributed by atoms with Gasteiger partial charge in [-0.1, -0.05) is 48.5 Å². The number of nitrogens with one attached hydrogen (secondary N) is 1. The van der Waals surface area contributed by atoms with E-state index in [4.69, 9.17) is 5.73 Å². The average molecular weight is 277 g/mol. The van der Waals surface area contributed by atoms with Crippen molar-refractivity contribution in [2.75, 3.05) is 6.54 Å². The van der Waals surface area contributed by atoms with Crippen LogP contribution in [0.4, 0.5) is 0 Å². The van der Waals surface area contributed by atoms with E-state index in [-0.39, 0.29) is 5.54 Å². The first-order valence-corrected chi connectivity index (χ1v) is 7.50. The maximum Gasteiger partial charge on any atom is 0.189 e. The van der Waals surface area contributed by atoms with Crippen LogP contribution in [0, 0.1) is 0 Å². The molecule has 1 spiro atoms. The number of guanidine groups is 1. The van der Waals surface area contributed by atoms with E-state index in [1.54, 1.807) is 0 Å². The van der Waals surface area contributed by atoms with Gasteiger partial charge in [0.25, 0.3) is 0 Å². The molecule has 3 heteroatoms. The van der Waals surface area contributed by atoms with E-state index in [9.17, 15) is 0 Å². The first-order chi connectivity index (χ1) is 10.3. The molecule has 0 saturated carbocycles. The summed E-state index contributed by atoms with van der Waals surface area (Å²) in [6.45, 7) is 0.799. The Labute approximate surface area is 124 Å². The number of rotatable bonds is 1. The second kappa shape index (κ2) is 4.62. The number of nitrogens with zero attached hydrogens (tertiary/aromatic N) is 1. The lowest BCUT2D eigenvalue weighted by atomic mass is 9.76. The minimum absolute atomic E-state index is 0.0480. The van der Waals surface area contributed by atoms with Crippen LogP contribution in [0.1, 0.15) is 17.5 Å². The number of benzene rings is 2. The zero-order chi connectivity index (χ0) is 14.3. The van der Waals surface area contributed by atoms with Crippen LogP contribution in [0.2, 0.25) is 0 Å². The molecule has 2 aromatic rings. The van der Waals surface area contributed by atoms with Gasteiger partial charge in [0.2, 0.25) is 0 Å². The predicted octanol–water partition coefficient (Wildman–Crippen LogP) is 2.50. The second-order valence-electron chi connectivity index (χ2n) is 6.09. The molecule has 1 atom stereocenters. The van der Waals surface area contributed by atoms with Gasteiger partial charge in [-0.05, 0) is 41.5 Å². The maximum absolute atomic E-state index is 5.82. The normalized spacial score (nSPS) is 23.5. The van der Waals surface area contributed by atoms with Gasteiger partial charge in [0.1, 0.15) is 0 Å². The highest BCUT2D eigenvalue weighted by molar-refractivity contribution is 5.81. The Morgan fingerprint density at radius 3 is 2.67 bits per heavy atom. The summed E-state index contributed by atoms with van der Waals surface area (Å²) < 4.78 is 0. The zero-order valence-electron chi connectivity index (χ0n) is 12.0. The molecule has 0 saturated heterocycles. The van der Waals surface area contributed by atoms with Crippen molar-refractivity contribution in [2.24, 2.45) is 10.7 Å². The number of hydrogen-bond acceptors (Lipinski definition) is 3. The molecule has 1 aliphatic carbocycles. The zero-order valence-corrected chi connectivity index (χ0v) is 12.0. The minimum Gasteiger partial charge on any atom is -0.370 e. The highest BCUT2D eigenvalue weighted by Gasteiger charge is 2.38. The second-order valence-corrected chi connectivity index (χ2v) is 6.09. The Kier molecular flexibility index (Phi) is 2.74. The lowest BCUT2D eigenvalue weighted by Crippen LogP contribution is -2.51. The van der Waals surface area contributed by atoms with E-state index in [0.717, 1.165) is 25.8 Å². The molecular weight excluding hydrogens is 258 g/mol. The summed E-state index contributed by atoms with van der Waals surface area (Å²) in [7, 11) is 0. The molecule has 0 amide bonds. The van der Waals surface area contributed by atoms with Gasteiger partial charge in [-0.2, -0.15) is 0 Å². The molecule has 1 heterocycles. The number of fused-ring (bicyclic) bond motifs is 1. The van der Waals surface area contributed by atoms with Gasteiger partial charge in [0.15, 0.2) is 5.96 Å². The molecule has 2 aromatic carbocycles. The van der Waals surface area contributed by atoms with Crippen molar-refractivity contribution in [1.29, 1.82) is 0 Å². The predicted molar refractivity (Wildman–Crippen MR) is 86.3 cm³/mol. The first kappa shape index (κ1) is 12.5. The van der Waals surface area contributed by atoms with Gasteiger partial charge in [0, 0.05) is 0 Å². The van der Waals surface area contributed by atoms with Gasteiger partial charge in [0.05, 0.1) is 12.1 Å². The molecule has 3 nitrogen and oxygen atoms in total. The molecular formula is C18H19N3. The highest BCUT2D eigenvalue weighted by Crippen LogP contribution is 2.36. The van der Waals surface area contributed by atoms with E-state index < -0.39 is 0 Å². The summed E-state index contributed by atoms with van der Waals surface area (Å²) >= 11 is 0. The summed E-state index contributed by atoms with van der Waals surface area (Å²) in [6.07, 6.45) is 3.18. The average Bonchev–Trinajstić information content (AvgIpc) is 2.88. The Hall–Kier alpha value is -2.29. The third-order valence-corrected chi connectivity index (χ3v) is 4.69. The molecule has 4 rings (SSSR count). The summed E-state index contributed by atoms with van der Waals surface area (Å²) in [4.78, 5) is 4.35. The van der Waals surface area contributed by atoms with Crippen LogP contribution >= 0.6 is 0 Å². The molecule has 0 unspecified atom stereocenters. The molecule has 2 aliphatic rings. The topological polar surface area (TPSA) is 50.4 Å². The fourth-order valence-electron chi connectivity index (χ4n) is 3.63. The molecule has 1 aliphatic heterocycles. The van der Waals surface area contributed by atoms with E-state index in [2.05, 4.69) is 58.8 Å². The standard InChI is InChI=1S/C18H19N3/c19-17-20-12-18(21-17)10-9-16-14(11-18)7-4-8-15(16)13-5-2-1-3-6-13/h1-8H,9-12H2,(H3,19,20,21)/t18-/m0/s1. The fourth-order valence-corrected chi connectivity index (χ4v) is 3.63. The summed E-state index contributed by atoms with van der Waals surface area (Å²) in [6, 6.07) is 17.3. The van der Waals surface area contributed by atoms with Crippen LogP contribution in [0.3, 0.4) is 0 Å². The lowest BCUT2D eigenvalue weighted by Gasteiger charge is -2.35. The Balaban J connectivity index is 1.72. The van der Waals surface area contributed by atoms with Gasteiger partial charge in [-0.3, -0.25) is 4.99 Å². The third kappa shape index (κ3) is 2.09. The van der Waals surface area contributed by atoms with Gasteiger partial charge in [-0.25, -0.2) is 0 Å². The van der Waals surface area contributed by atoms with Gasteiger partial charge < -0.3 is 11.1 Å². The van der Waals surface area contributed by atoms with Crippen LogP contribution in [-0.4, -0.2) is 18.0 Å². The van der Waals surface area contributed by atoms with E-state index in [1.165, 1.54) is 22.3 Å². The van der Waals surface area contributed by atoms with Crippen molar-refractivity contribution >= 4 is 5.96 Å². The van der Waals surface area contributed by atoms with Crippen molar-refractivity contribution in [3.8, 4) is 11.1 Å². The summed E-state index contributed by atoms with van der Waals surface area (Å²) in [5.41, 5.74) is 11.5. The van der Waals surface area contributed by atoms with Crippen molar-refractivity contribution in [3.63, 3.8) is 0 Å². The number of nitrogens with two attached hydrogens (primary N) is 1. The largest absolute Gasteiger partial charge is 0.370 e. The minimum atomic E-state index is 0.0480. The molecule has 3 N–H and O–H groups in total.